The summed E-state index contributed by atoms with van der Waals surface area (Å²) in [4.78, 5) is 25.0. The molecule has 0 fully saturated rings. The topological polar surface area (TPSA) is 149 Å². The van der Waals surface area contributed by atoms with Crippen LogP contribution in [-0.2, 0) is 9.59 Å². The Morgan fingerprint density at radius 2 is 1.62 bits per heavy atom. The molecule has 138 valence electrons. The minimum atomic E-state index is -0.513. The Morgan fingerprint density at radius 3 is 2.17 bits per heavy atom. The molecular weight excluding hydrogens is 308 g/mol. The first kappa shape index (κ1) is 22.2. The number of amides is 2. The standard InChI is InChI=1S/C16H32N6O2/c1-12(18)9-15(23)21-7-5-3-4-6-8-22(14(20)11-17)16(24)10-13(2)19/h14,18-19H,3-11,17,20H2,1-2H3,(H,21,23). The largest absolute Gasteiger partial charge is 0.356 e. The average molecular weight is 340 g/mol. The lowest BCUT2D eigenvalue weighted by Gasteiger charge is -2.28. The second-order valence-electron chi connectivity index (χ2n) is 6.07. The molecule has 1 unspecified atom stereocenters. The van der Waals surface area contributed by atoms with Crippen LogP contribution in [-0.4, -0.2) is 53.9 Å². The van der Waals surface area contributed by atoms with Crippen molar-refractivity contribution in [2.45, 2.75) is 58.5 Å². The van der Waals surface area contributed by atoms with Crippen LogP contribution in [0.3, 0.4) is 0 Å². The quantitative estimate of drug-likeness (QED) is 0.189. The van der Waals surface area contributed by atoms with E-state index in [0.29, 0.717) is 24.5 Å². The Labute approximate surface area is 144 Å². The molecule has 0 saturated heterocycles. The molecule has 0 spiro atoms. The molecule has 0 aromatic carbocycles. The number of hydrogen-bond acceptors (Lipinski definition) is 6. The zero-order valence-electron chi connectivity index (χ0n) is 14.9. The monoisotopic (exact) mass is 340 g/mol. The first-order valence-electron chi connectivity index (χ1n) is 8.37. The molecule has 0 radical (unpaired) electrons. The number of hydrogen-bond donors (Lipinski definition) is 5. The van der Waals surface area contributed by atoms with Gasteiger partial charge in [0.15, 0.2) is 0 Å². The molecule has 8 nitrogen and oxygen atoms in total. The van der Waals surface area contributed by atoms with Crippen LogP contribution >= 0.6 is 0 Å². The second kappa shape index (κ2) is 12.6. The van der Waals surface area contributed by atoms with Gasteiger partial charge in [0.1, 0.15) is 0 Å². The Morgan fingerprint density at radius 1 is 1.04 bits per heavy atom. The zero-order chi connectivity index (χ0) is 18.5. The number of rotatable bonds is 13. The number of unbranched alkanes of at least 4 members (excludes halogenated alkanes) is 3. The van der Waals surface area contributed by atoms with Gasteiger partial charge in [-0.05, 0) is 26.7 Å². The highest BCUT2D eigenvalue weighted by Crippen LogP contribution is 2.05. The van der Waals surface area contributed by atoms with Gasteiger partial charge in [0.2, 0.25) is 11.8 Å². The minimum absolute atomic E-state index is 0.0756. The van der Waals surface area contributed by atoms with Crippen molar-refractivity contribution in [1.82, 2.24) is 10.2 Å². The fourth-order valence-electron chi connectivity index (χ4n) is 2.22. The van der Waals surface area contributed by atoms with Gasteiger partial charge in [-0.3, -0.25) is 9.59 Å². The van der Waals surface area contributed by atoms with E-state index in [4.69, 9.17) is 22.3 Å². The van der Waals surface area contributed by atoms with Crippen LogP contribution in [0.25, 0.3) is 0 Å². The third kappa shape index (κ3) is 10.8. The van der Waals surface area contributed by atoms with Crippen molar-refractivity contribution < 1.29 is 9.59 Å². The third-order valence-corrected chi connectivity index (χ3v) is 3.45. The molecule has 0 bridgehead atoms. The molecule has 1 atom stereocenters. The van der Waals surface area contributed by atoms with E-state index in [-0.39, 0.29) is 31.2 Å². The maximum atomic E-state index is 12.1. The van der Waals surface area contributed by atoms with Crippen LogP contribution < -0.4 is 16.8 Å². The van der Waals surface area contributed by atoms with Gasteiger partial charge in [-0.25, -0.2) is 0 Å². The Balaban J connectivity index is 3.95. The van der Waals surface area contributed by atoms with Crippen molar-refractivity contribution in [1.29, 1.82) is 10.8 Å². The highest BCUT2D eigenvalue weighted by atomic mass is 16.2. The summed E-state index contributed by atoms with van der Waals surface area (Å²) in [5.74, 6) is -0.273. The molecule has 2 amide bonds. The molecule has 0 aromatic heterocycles. The summed E-state index contributed by atoms with van der Waals surface area (Å²) in [5.41, 5.74) is 12.1. The van der Waals surface area contributed by atoms with Crippen LogP contribution in [0.2, 0.25) is 0 Å². The summed E-state index contributed by atoms with van der Waals surface area (Å²) in [5, 5.41) is 17.4. The molecule has 7 N–H and O–H groups in total. The molecular formula is C16H32N6O2. The molecule has 0 aromatic rings. The number of nitrogens with one attached hydrogen (secondary N) is 3. The second-order valence-corrected chi connectivity index (χ2v) is 6.07. The fraction of sp³-hybridized carbons (Fsp3) is 0.750. The van der Waals surface area contributed by atoms with Crippen LogP contribution in [0.5, 0.6) is 0 Å². The summed E-state index contributed by atoms with van der Waals surface area (Å²) in [6, 6.07) is 0. The Bertz CT molecular complexity index is 438. The maximum Gasteiger partial charge on any atom is 0.229 e. The van der Waals surface area contributed by atoms with Gasteiger partial charge >= 0.3 is 0 Å². The number of carbonyl (C=O) groups excluding carboxylic acids is 2. The normalized spacial score (nSPS) is 11.7. The molecule has 0 saturated carbocycles. The van der Waals surface area contributed by atoms with E-state index < -0.39 is 6.17 Å². The maximum absolute atomic E-state index is 12.1. The van der Waals surface area contributed by atoms with Gasteiger partial charge in [-0.15, -0.1) is 0 Å². The highest BCUT2D eigenvalue weighted by Gasteiger charge is 2.19. The van der Waals surface area contributed by atoms with Gasteiger partial charge in [0.05, 0.1) is 19.0 Å². The lowest BCUT2D eigenvalue weighted by Crippen LogP contribution is -2.50. The van der Waals surface area contributed by atoms with Gasteiger partial charge in [0.25, 0.3) is 0 Å². The summed E-state index contributed by atoms with van der Waals surface area (Å²) >= 11 is 0. The molecule has 24 heavy (non-hydrogen) atoms. The fourth-order valence-corrected chi connectivity index (χ4v) is 2.22. The van der Waals surface area contributed by atoms with E-state index >= 15 is 0 Å². The van der Waals surface area contributed by atoms with Crippen LogP contribution in [0.15, 0.2) is 0 Å². The molecule has 8 heteroatoms. The molecule has 0 rings (SSSR count). The molecule has 0 aliphatic rings. The number of carbonyl (C=O) groups is 2. The van der Waals surface area contributed by atoms with Crippen molar-refractivity contribution >= 4 is 23.2 Å². The number of nitrogens with two attached hydrogens (primary N) is 2. The first-order chi connectivity index (χ1) is 11.3. The van der Waals surface area contributed by atoms with Gasteiger partial charge in [0, 0.05) is 31.1 Å². The Hall–Kier alpha value is -1.80. The van der Waals surface area contributed by atoms with E-state index in [1.807, 2.05) is 0 Å². The van der Waals surface area contributed by atoms with Crippen LogP contribution in [0.1, 0.15) is 52.4 Å². The van der Waals surface area contributed by atoms with E-state index in [1.54, 1.807) is 18.7 Å². The predicted octanol–water partition coefficient (Wildman–Crippen LogP) is 0.595. The lowest BCUT2D eigenvalue weighted by atomic mass is 10.1. The Kier molecular flexibility index (Phi) is 11.7. The van der Waals surface area contributed by atoms with E-state index in [0.717, 1.165) is 25.7 Å². The summed E-state index contributed by atoms with van der Waals surface area (Å²) in [6.45, 7) is 4.53. The van der Waals surface area contributed by atoms with Crippen molar-refractivity contribution in [2.75, 3.05) is 19.6 Å². The first-order valence-corrected chi connectivity index (χ1v) is 8.37. The molecule has 0 aliphatic heterocycles. The third-order valence-electron chi connectivity index (χ3n) is 3.45. The van der Waals surface area contributed by atoms with E-state index in [9.17, 15) is 9.59 Å². The van der Waals surface area contributed by atoms with Crippen molar-refractivity contribution in [3.63, 3.8) is 0 Å². The van der Waals surface area contributed by atoms with Crippen molar-refractivity contribution in [3.8, 4) is 0 Å². The SMILES string of the molecule is CC(=N)CC(=O)NCCCCCCN(C(=O)CC(C)=N)C(N)CN. The summed E-state index contributed by atoms with van der Waals surface area (Å²) in [6.07, 6.45) is 3.24. The van der Waals surface area contributed by atoms with Crippen molar-refractivity contribution in [2.24, 2.45) is 11.5 Å². The predicted molar refractivity (Wildman–Crippen MR) is 96.3 cm³/mol. The highest BCUT2D eigenvalue weighted by molar-refractivity contribution is 5.98. The van der Waals surface area contributed by atoms with Gasteiger partial charge < -0.3 is 32.5 Å². The smallest absolute Gasteiger partial charge is 0.229 e. The summed E-state index contributed by atoms with van der Waals surface area (Å²) < 4.78 is 0. The summed E-state index contributed by atoms with van der Waals surface area (Å²) in [7, 11) is 0. The van der Waals surface area contributed by atoms with E-state index in [2.05, 4.69) is 5.32 Å². The van der Waals surface area contributed by atoms with Gasteiger partial charge in [-0.1, -0.05) is 12.8 Å². The number of nitrogens with zero attached hydrogens (tertiary/aromatic N) is 1. The van der Waals surface area contributed by atoms with Crippen LogP contribution in [0.4, 0.5) is 0 Å². The molecule has 0 aliphatic carbocycles. The minimum Gasteiger partial charge on any atom is -0.356 e. The van der Waals surface area contributed by atoms with Crippen LogP contribution in [0, 0.1) is 10.8 Å². The lowest BCUT2D eigenvalue weighted by molar-refractivity contribution is -0.132. The average Bonchev–Trinajstić information content (AvgIpc) is 2.47. The molecule has 0 heterocycles. The van der Waals surface area contributed by atoms with Gasteiger partial charge in [-0.2, -0.15) is 0 Å². The van der Waals surface area contributed by atoms with E-state index in [1.165, 1.54) is 0 Å². The zero-order valence-corrected chi connectivity index (χ0v) is 14.9. The van der Waals surface area contributed by atoms with Crippen molar-refractivity contribution in [3.05, 3.63) is 0 Å².